The van der Waals surface area contributed by atoms with E-state index in [9.17, 15) is 13.2 Å². The van der Waals surface area contributed by atoms with Crippen LogP contribution in [0, 0.1) is 6.92 Å². The third-order valence-electron chi connectivity index (χ3n) is 6.47. The molecule has 2 aromatic heterocycles. The molecule has 182 valence electrons. The van der Waals surface area contributed by atoms with Gasteiger partial charge in [-0.05, 0) is 61.2 Å². The highest BCUT2D eigenvalue weighted by Crippen LogP contribution is 2.32. The molecule has 0 bridgehead atoms. The highest BCUT2D eigenvalue weighted by Gasteiger charge is 2.31. The van der Waals surface area contributed by atoms with E-state index in [1.54, 1.807) is 17.9 Å². The number of benzene rings is 2. The second kappa shape index (κ2) is 9.22. The van der Waals surface area contributed by atoms with Gasteiger partial charge >= 0.3 is 0 Å². The molecule has 1 amide bonds. The number of aromatic amines is 1. The van der Waals surface area contributed by atoms with E-state index in [4.69, 9.17) is 4.74 Å². The van der Waals surface area contributed by atoms with Crippen LogP contribution < -0.4 is 10.1 Å². The Kier molecular flexibility index (Phi) is 6.10. The molecule has 1 unspecified atom stereocenters. The van der Waals surface area contributed by atoms with Gasteiger partial charge in [0.15, 0.2) is 9.84 Å². The number of carbonyl (C=O) groups is 1. The molecule has 1 fully saturated rings. The Morgan fingerprint density at radius 2 is 1.97 bits per heavy atom. The van der Waals surface area contributed by atoms with Gasteiger partial charge in [0.05, 0.1) is 30.4 Å². The van der Waals surface area contributed by atoms with E-state index in [0.29, 0.717) is 18.7 Å². The summed E-state index contributed by atoms with van der Waals surface area (Å²) in [5.74, 6) is 1.39. The Balaban J connectivity index is 1.36. The number of carbonyl (C=O) groups excluding carboxylic acids is 1. The lowest BCUT2D eigenvalue weighted by atomic mass is 10.0. The first-order chi connectivity index (χ1) is 16.8. The second-order valence-electron chi connectivity index (χ2n) is 8.97. The summed E-state index contributed by atoms with van der Waals surface area (Å²) in [6, 6.07) is 17.5. The summed E-state index contributed by atoms with van der Waals surface area (Å²) < 4.78 is 30.8. The van der Waals surface area contributed by atoms with Crippen LogP contribution in [0.5, 0.6) is 5.75 Å². The fraction of sp³-hybridized carbons (Fsp3) is 0.308. The molecule has 5 rings (SSSR count). The predicted molar refractivity (Wildman–Crippen MR) is 137 cm³/mol. The van der Waals surface area contributed by atoms with E-state index in [2.05, 4.69) is 21.5 Å². The summed E-state index contributed by atoms with van der Waals surface area (Å²) in [4.78, 5) is 16.5. The Bertz CT molecular complexity index is 1490. The van der Waals surface area contributed by atoms with Gasteiger partial charge in [-0.1, -0.05) is 18.2 Å². The zero-order valence-corrected chi connectivity index (χ0v) is 20.6. The van der Waals surface area contributed by atoms with Gasteiger partial charge in [0.1, 0.15) is 11.6 Å². The maximum Gasteiger partial charge on any atom is 0.225 e. The highest BCUT2D eigenvalue weighted by atomic mass is 32.2. The number of anilines is 1. The topological polar surface area (TPSA) is 106 Å². The van der Waals surface area contributed by atoms with E-state index in [-0.39, 0.29) is 29.9 Å². The molecule has 35 heavy (non-hydrogen) atoms. The lowest BCUT2D eigenvalue weighted by molar-refractivity contribution is -0.116. The van der Waals surface area contributed by atoms with Crippen molar-refractivity contribution >= 4 is 32.5 Å². The molecule has 0 aliphatic carbocycles. The van der Waals surface area contributed by atoms with Crippen molar-refractivity contribution in [3.05, 3.63) is 65.9 Å². The normalized spacial score (nSPS) is 17.0. The lowest BCUT2D eigenvalue weighted by Gasteiger charge is -2.14. The zero-order valence-electron chi connectivity index (χ0n) is 19.7. The summed E-state index contributed by atoms with van der Waals surface area (Å²) in [6.45, 7) is 1.84. The van der Waals surface area contributed by atoms with Gasteiger partial charge in [-0.2, -0.15) is 5.10 Å². The molecular formula is C26H28N4O4S. The first kappa shape index (κ1) is 23.2. The van der Waals surface area contributed by atoms with Crippen LogP contribution in [-0.4, -0.2) is 47.7 Å². The molecule has 1 aliphatic rings. The monoisotopic (exact) mass is 492 g/mol. The number of nitrogens with zero attached hydrogens (tertiary/aromatic N) is 2. The molecule has 3 heterocycles. The van der Waals surface area contributed by atoms with Gasteiger partial charge in [-0.15, -0.1) is 0 Å². The van der Waals surface area contributed by atoms with E-state index in [0.717, 1.165) is 39.2 Å². The number of nitrogens with one attached hydrogen (secondary N) is 2. The minimum absolute atomic E-state index is 0.0531. The van der Waals surface area contributed by atoms with E-state index in [1.807, 2.05) is 49.4 Å². The van der Waals surface area contributed by atoms with Gasteiger partial charge in [0.25, 0.3) is 0 Å². The van der Waals surface area contributed by atoms with Crippen LogP contribution in [0.15, 0.2) is 54.6 Å². The molecule has 8 nitrogen and oxygen atoms in total. The third kappa shape index (κ3) is 4.81. The number of hydrogen-bond donors (Lipinski definition) is 2. The van der Waals surface area contributed by atoms with Crippen molar-refractivity contribution in [1.82, 2.24) is 14.8 Å². The summed E-state index contributed by atoms with van der Waals surface area (Å²) in [5, 5.41) is 8.50. The smallest absolute Gasteiger partial charge is 0.225 e. The van der Waals surface area contributed by atoms with Crippen LogP contribution in [0.1, 0.15) is 30.1 Å². The number of fused-ring (bicyclic) bond motifs is 1. The number of rotatable bonds is 7. The predicted octanol–water partition coefficient (Wildman–Crippen LogP) is 4.28. The first-order valence-electron chi connectivity index (χ1n) is 11.6. The van der Waals surface area contributed by atoms with Crippen molar-refractivity contribution in [2.24, 2.45) is 0 Å². The van der Waals surface area contributed by atoms with Crippen LogP contribution in [0.25, 0.3) is 22.2 Å². The molecule has 1 atom stereocenters. The number of amides is 1. The molecular weight excluding hydrogens is 464 g/mol. The Morgan fingerprint density at radius 1 is 1.20 bits per heavy atom. The van der Waals surface area contributed by atoms with Crippen molar-refractivity contribution in [3.8, 4) is 17.0 Å². The maximum atomic E-state index is 13.0. The van der Waals surface area contributed by atoms with Crippen molar-refractivity contribution in [3.63, 3.8) is 0 Å². The van der Waals surface area contributed by atoms with Crippen LogP contribution in [0.4, 0.5) is 5.82 Å². The lowest BCUT2D eigenvalue weighted by Crippen LogP contribution is -2.19. The van der Waals surface area contributed by atoms with Crippen LogP contribution in [0.2, 0.25) is 0 Å². The van der Waals surface area contributed by atoms with Gasteiger partial charge in [-0.3, -0.25) is 4.79 Å². The fourth-order valence-electron chi connectivity index (χ4n) is 4.76. The van der Waals surface area contributed by atoms with Crippen molar-refractivity contribution in [2.75, 3.05) is 23.9 Å². The number of H-pyrrole nitrogens is 1. The summed E-state index contributed by atoms with van der Waals surface area (Å²) >= 11 is 0. The summed E-state index contributed by atoms with van der Waals surface area (Å²) in [7, 11) is -1.42. The number of sulfone groups is 1. The van der Waals surface area contributed by atoms with E-state index in [1.165, 1.54) is 0 Å². The molecule has 0 saturated carbocycles. The molecule has 4 aromatic rings. The number of methoxy groups -OCH3 is 1. The number of aromatic nitrogens is 3. The average molecular weight is 493 g/mol. The first-order valence-corrected chi connectivity index (χ1v) is 13.5. The van der Waals surface area contributed by atoms with Crippen LogP contribution in [0.3, 0.4) is 0 Å². The SMILES string of the molecule is COc1ccc(-c2[nH]c3ccccc3c2CCC(=O)Nc2cc(C)nn2C2CCS(=O)(=O)C2)cc1. The Hall–Kier alpha value is -3.59. The average Bonchev–Trinajstić information content (AvgIpc) is 3.51. The number of hydrogen-bond acceptors (Lipinski definition) is 5. The van der Waals surface area contributed by atoms with E-state index >= 15 is 0 Å². The Labute approximate surface area is 204 Å². The minimum Gasteiger partial charge on any atom is -0.497 e. The molecule has 0 spiro atoms. The minimum atomic E-state index is -3.06. The summed E-state index contributed by atoms with van der Waals surface area (Å²) in [6.07, 6.45) is 1.33. The zero-order chi connectivity index (χ0) is 24.6. The largest absolute Gasteiger partial charge is 0.497 e. The number of aryl methyl sites for hydroxylation is 2. The van der Waals surface area contributed by atoms with Gasteiger partial charge < -0.3 is 15.0 Å². The van der Waals surface area contributed by atoms with Gasteiger partial charge in [0, 0.05) is 29.1 Å². The van der Waals surface area contributed by atoms with Crippen molar-refractivity contribution in [2.45, 2.75) is 32.2 Å². The van der Waals surface area contributed by atoms with Crippen LogP contribution in [-0.2, 0) is 21.1 Å². The molecule has 2 N–H and O–H groups in total. The van der Waals surface area contributed by atoms with E-state index < -0.39 is 9.84 Å². The van der Waals surface area contributed by atoms with Crippen LogP contribution >= 0.6 is 0 Å². The Morgan fingerprint density at radius 3 is 2.69 bits per heavy atom. The highest BCUT2D eigenvalue weighted by molar-refractivity contribution is 7.91. The quantitative estimate of drug-likeness (QED) is 0.401. The third-order valence-corrected chi connectivity index (χ3v) is 8.22. The molecule has 1 aliphatic heterocycles. The second-order valence-corrected chi connectivity index (χ2v) is 11.2. The number of para-hydroxylation sites is 1. The van der Waals surface area contributed by atoms with Gasteiger partial charge in [0.2, 0.25) is 5.91 Å². The van der Waals surface area contributed by atoms with Crippen molar-refractivity contribution in [1.29, 1.82) is 0 Å². The number of ether oxygens (including phenoxy) is 1. The standard InChI is InChI=1S/C26H28N4O4S/c1-17-15-24(30(29-17)19-13-14-35(32,33)16-19)28-25(31)12-11-22-21-5-3-4-6-23(21)27-26(22)18-7-9-20(34-2)10-8-18/h3-10,15,19,27H,11-14,16H2,1-2H3,(H,28,31). The molecule has 0 radical (unpaired) electrons. The molecule has 2 aromatic carbocycles. The molecule has 9 heteroatoms. The van der Waals surface area contributed by atoms with Crippen molar-refractivity contribution < 1.29 is 17.9 Å². The molecule has 1 saturated heterocycles. The maximum absolute atomic E-state index is 13.0. The summed E-state index contributed by atoms with van der Waals surface area (Å²) in [5.41, 5.74) is 4.84. The van der Waals surface area contributed by atoms with Gasteiger partial charge in [-0.25, -0.2) is 13.1 Å². The fourth-order valence-corrected chi connectivity index (χ4v) is 6.46.